The smallest absolute Gasteiger partial charge is 0.141 e. The summed E-state index contributed by atoms with van der Waals surface area (Å²) < 4.78 is 13.1. The summed E-state index contributed by atoms with van der Waals surface area (Å²) in [5.74, 6) is 0.594. The van der Waals surface area contributed by atoms with E-state index in [0.717, 1.165) is 18.4 Å². The molecule has 0 amide bonds. The monoisotopic (exact) mass is 263 g/mol. The molecule has 0 saturated heterocycles. The molecule has 1 aliphatic carbocycles. The fourth-order valence-electron chi connectivity index (χ4n) is 2.95. The zero-order valence-corrected chi connectivity index (χ0v) is 11.9. The van der Waals surface area contributed by atoms with Crippen molar-refractivity contribution in [3.05, 3.63) is 29.8 Å². The van der Waals surface area contributed by atoms with Crippen LogP contribution >= 0.6 is 0 Å². The minimum Gasteiger partial charge on any atom is -0.299 e. The van der Waals surface area contributed by atoms with Gasteiger partial charge in [-0.1, -0.05) is 20.8 Å². The van der Waals surface area contributed by atoms with Crippen molar-refractivity contribution in [2.24, 2.45) is 17.3 Å². The third-order valence-electron chi connectivity index (χ3n) is 4.23. The van der Waals surface area contributed by atoms with Gasteiger partial charge in [0.25, 0.3) is 0 Å². The van der Waals surface area contributed by atoms with Crippen LogP contribution < -0.4 is 0 Å². The Balaban J connectivity index is 2.08. The molecule has 0 aliphatic heterocycles. The van der Waals surface area contributed by atoms with E-state index in [2.05, 4.69) is 25.8 Å². The zero-order chi connectivity index (χ0) is 14.0. The van der Waals surface area contributed by atoms with E-state index >= 15 is 0 Å². The molecule has 0 aromatic carbocycles. The van der Waals surface area contributed by atoms with E-state index < -0.39 is 0 Å². The van der Waals surface area contributed by atoms with Gasteiger partial charge in [-0.15, -0.1) is 0 Å². The lowest BCUT2D eigenvalue weighted by Gasteiger charge is -2.37. The number of pyridine rings is 1. The summed E-state index contributed by atoms with van der Waals surface area (Å²) in [5, 5.41) is 0. The van der Waals surface area contributed by atoms with Gasteiger partial charge in [-0.05, 0) is 42.2 Å². The first-order chi connectivity index (χ1) is 8.86. The molecule has 0 radical (unpaired) electrons. The van der Waals surface area contributed by atoms with Crippen molar-refractivity contribution in [3.8, 4) is 0 Å². The number of ketones is 1. The van der Waals surface area contributed by atoms with E-state index in [4.69, 9.17) is 0 Å². The standard InChI is InChI=1S/C16H22FNO/c1-16(2,3)13-4-5-15(19)12(8-13)6-11-7-14(17)10-18-9-11/h7,9-10,12-13H,4-6,8H2,1-3H3. The first-order valence-electron chi connectivity index (χ1n) is 6.98. The molecule has 1 aliphatic rings. The van der Waals surface area contributed by atoms with Gasteiger partial charge in [0.1, 0.15) is 11.6 Å². The number of hydrogen-bond acceptors (Lipinski definition) is 2. The minimum atomic E-state index is -0.326. The number of nitrogens with zero attached hydrogens (tertiary/aromatic N) is 1. The number of carbonyl (C=O) groups is 1. The zero-order valence-electron chi connectivity index (χ0n) is 11.9. The first-order valence-corrected chi connectivity index (χ1v) is 6.98. The highest BCUT2D eigenvalue weighted by molar-refractivity contribution is 5.82. The molecule has 1 aromatic heterocycles. The van der Waals surface area contributed by atoms with Crippen molar-refractivity contribution in [3.63, 3.8) is 0 Å². The molecule has 2 nitrogen and oxygen atoms in total. The number of rotatable bonds is 2. The fourth-order valence-corrected chi connectivity index (χ4v) is 2.95. The van der Waals surface area contributed by atoms with Crippen molar-refractivity contribution in [1.82, 2.24) is 4.98 Å². The molecule has 1 heterocycles. The van der Waals surface area contributed by atoms with Gasteiger partial charge in [-0.2, -0.15) is 0 Å². The van der Waals surface area contributed by atoms with E-state index in [1.165, 1.54) is 12.3 Å². The molecule has 1 fully saturated rings. The predicted octanol–water partition coefficient (Wildman–Crippen LogP) is 3.79. The molecule has 1 saturated carbocycles. The quantitative estimate of drug-likeness (QED) is 0.812. The Morgan fingerprint density at radius 3 is 2.74 bits per heavy atom. The van der Waals surface area contributed by atoms with Crippen LogP contribution in [0.1, 0.15) is 45.6 Å². The second kappa shape index (κ2) is 5.40. The summed E-state index contributed by atoms with van der Waals surface area (Å²) in [7, 11) is 0. The lowest BCUT2D eigenvalue weighted by molar-refractivity contribution is -0.126. The molecule has 1 aromatic rings. The largest absolute Gasteiger partial charge is 0.299 e. The summed E-state index contributed by atoms with van der Waals surface area (Å²) in [5.41, 5.74) is 1.06. The average molecular weight is 263 g/mol. The van der Waals surface area contributed by atoms with E-state index in [9.17, 15) is 9.18 Å². The third kappa shape index (κ3) is 3.62. The molecule has 2 atom stereocenters. The van der Waals surface area contributed by atoms with Crippen molar-refractivity contribution in [2.45, 2.75) is 46.5 Å². The fraction of sp³-hybridized carbons (Fsp3) is 0.625. The van der Waals surface area contributed by atoms with E-state index in [0.29, 0.717) is 24.5 Å². The predicted molar refractivity (Wildman–Crippen MR) is 73.2 cm³/mol. The van der Waals surface area contributed by atoms with Crippen molar-refractivity contribution < 1.29 is 9.18 Å². The summed E-state index contributed by atoms with van der Waals surface area (Å²) in [6, 6.07) is 1.49. The lowest BCUT2D eigenvalue weighted by Crippen LogP contribution is -2.33. The summed E-state index contributed by atoms with van der Waals surface area (Å²) in [6.07, 6.45) is 6.05. The van der Waals surface area contributed by atoms with Crippen LogP contribution in [0.4, 0.5) is 4.39 Å². The van der Waals surface area contributed by atoms with Gasteiger partial charge in [0, 0.05) is 18.5 Å². The highest BCUT2D eigenvalue weighted by Crippen LogP contribution is 2.39. The Hall–Kier alpha value is -1.25. The first kappa shape index (κ1) is 14.2. The van der Waals surface area contributed by atoms with Crippen LogP contribution in [-0.4, -0.2) is 10.8 Å². The molecule has 3 heteroatoms. The highest BCUT2D eigenvalue weighted by Gasteiger charge is 2.34. The Morgan fingerprint density at radius 1 is 1.37 bits per heavy atom. The topological polar surface area (TPSA) is 30.0 Å². The number of aromatic nitrogens is 1. The van der Waals surface area contributed by atoms with E-state index in [1.807, 2.05) is 0 Å². The van der Waals surface area contributed by atoms with Gasteiger partial charge in [0.2, 0.25) is 0 Å². The molecular weight excluding hydrogens is 241 g/mol. The van der Waals surface area contributed by atoms with Crippen LogP contribution in [0.15, 0.2) is 18.5 Å². The molecule has 0 N–H and O–H groups in total. The van der Waals surface area contributed by atoms with Crippen LogP contribution in [0, 0.1) is 23.1 Å². The number of Topliss-reactive ketones (excluding diaryl/α,β-unsaturated/α-hetero) is 1. The second-order valence-corrected chi connectivity index (χ2v) is 6.72. The van der Waals surface area contributed by atoms with Gasteiger partial charge in [-0.3, -0.25) is 9.78 Å². The number of halogens is 1. The normalized spacial score (nSPS) is 24.5. The maximum absolute atomic E-state index is 13.1. The van der Waals surface area contributed by atoms with Gasteiger partial charge >= 0.3 is 0 Å². The Kier molecular flexibility index (Phi) is 4.02. The highest BCUT2D eigenvalue weighted by atomic mass is 19.1. The molecule has 2 unspecified atom stereocenters. The van der Waals surface area contributed by atoms with Crippen molar-refractivity contribution in [1.29, 1.82) is 0 Å². The Morgan fingerprint density at radius 2 is 2.11 bits per heavy atom. The number of carbonyl (C=O) groups excluding carboxylic acids is 1. The maximum Gasteiger partial charge on any atom is 0.141 e. The van der Waals surface area contributed by atoms with Crippen LogP contribution in [0.2, 0.25) is 0 Å². The van der Waals surface area contributed by atoms with Crippen molar-refractivity contribution in [2.75, 3.05) is 0 Å². The summed E-state index contributed by atoms with van der Waals surface area (Å²) >= 11 is 0. The van der Waals surface area contributed by atoms with Crippen LogP contribution in [0.5, 0.6) is 0 Å². The summed E-state index contributed by atoms with van der Waals surface area (Å²) in [6.45, 7) is 6.69. The third-order valence-corrected chi connectivity index (χ3v) is 4.23. The molecule has 19 heavy (non-hydrogen) atoms. The molecule has 2 rings (SSSR count). The molecule has 104 valence electrons. The van der Waals surface area contributed by atoms with Gasteiger partial charge < -0.3 is 0 Å². The van der Waals surface area contributed by atoms with Crippen LogP contribution in [0.3, 0.4) is 0 Å². The van der Waals surface area contributed by atoms with Crippen molar-refractivity contribution >= 4 is 5.78 Å². The molecule has 0 bridgehead atoms. The maximum atomic E-state index is 13.1. The van der Waals surface area contributed by atoms with Crippen LogP contribution in [0.25, 0.3) is 0 Å². The summed E-state index contributed by atoms with van der Waals surface area (Å²) in [4.78, 5) is 15.9. The van der Waals surface area contributed by atoms with Crippen LogP contribution in [-0.2, 0) is 11.2 Å². The Labute approximate surface area is 114 Å². The van der Waals surface area contributed by atoms with E-state index in [-0.39, 0.29) is 17.2 Å². The van der Waals surface area contributed by atoms with Gasteiger partial charge in [0.05, 0.1) is 6.20 Å². The number of hydrogen-bond donors (Lipinski definition) is 0. The average Bonchev–Trinajstić information content (AvgIpc) is 2.30. The molecular formula is C16H22FNO. The van der Waals surface area contributed by atoms with E-state index in [1.54, 1.807) is 6.20 Å². The van der Waals surface area contributed by atoms with Gasteiger partial charge in [-0.25, -0.2) is 4.39 Å². The second-order valence-electron chi connectivity index (χ2n) is 6.72. The minimum absolute atomic E-state index is 0.0292. The SMILES string of the molecule is CC(C)(C)C1CCC(=O)C(Cc2cncc(F)c2)C1. The Bertz CT molecular complexity index is 464. The lowest BCUT2D eigenvalue weighted by atomic mass is 9.67. The molecule has 0 spiro atoms. The van der Waals surface area contributed by atoms with Gasteiger partial charge in [0.15, 0.2) is 0 Å².